The van der Waals surface area contributed by atoms with Crippen LogP contribution in [0.2, 0.25) is 0 Å². The Morgan fingerprint density at radius 1 is 1.38 bits per heavy atom. The number of nitrogens with zero attached hydrogens (tertiary/aromatic N) is 1. The number of rotatable bonds is 3. The van der Waals surface area contributed by atoms with Gasteiger partial charge in [0.05, 0.1) is 5.52 Å². The molecule has 0 bridgehead atoms. The van der Waals surface area contributed by atoms with E-state index in [0.29, 0.717) is 12.3 Å². The first kappa shape index (κ1) is 10.9. The van der Waals surface area contributed by atoms with E-state index in [1.54, 1.807) is 6.20 Å². The van der Waals surface area contributed by atoms with Gasteiger partial charge in [0.15, 0.2) is 0 Å². The summed E-state index contributed by atoms with van der Waals surface area (Å²) in [5.74, 6) is 0.263. The Kier molecular flexibility index (Phi) is 3.37. The number of pyridine rings is 1. The highest BCUT2D eigenvalue weighted by molar-refractivity contribution is 6.19. The molecule has 2 rings (SSSR count). The van der Waals surface area contributed by atoms with Crippen molar-refractivity contribution in [2.24, 2.45) is 0 Å². The first-order valence-electron chi connectivity index (χ1n) is 5.00. The molecule has 0 saturated carbocycles. The average Bonchev–Trinajstić information content (AvgIpc) is 2.29. The zero-order valence-electron chi connectivity index (χ0n) is 8.61. The van der Waals surface area contributed by atoms with E-state index in [0.717, 1.165) is 16.6 Å². The zero-order chi connectivity index (χ0) is 11.4. The Morgan fingerprint density at radius 3 is 3.06 bits per heavy atom. The molecule has 1 N–H and O–H groups in total. The lowest BCUT2D eigenvalue weighted by atomic mass is 10.2. The normalized spacial score (nSPS) is 10.3. The largest absolute Gasteiger partial charge is 0.326 e. The molecule has 0 saturated heterocycles. The summed E-state index contributed by atoms with van der Waals surface area (Å²) in [5, 5.41) is 3.79. The summed E-state index contributed by atoms with van der Waals surface area (Å²) in [6, 6.07) is 9.44. The summed E-state index contributed by atoms with van der Waals surface area (Å²) in [6.07, 6.45) is 2.07. The van der Waals surface area contributed by atoms with E-state index >= 15 is 0 Å². The molecule has 0 aliphatic heterocycles. The minimum atomic E-state index is -0.0711. The molecular formula is C12H11ClN2O. The van der Waals surface area contributed by atoms with Gasteiger partial charge < -0.3 is 5.32 Å². The number of hydrogen-bond acceptors (Lipinski definition) is 2. The SMILES string of the molecule is O=C(CCCl)Nc1ccc2ncccc2c1. The van der Waals surface area contributed by atoms with Crippen LogP contribution in [0.15, 0.2) is 36.5 Å². The first-order valence-corrected chi connectivity index (χ1v) is 5.53. The lowest BCUT2D eigenvalue weighted by Gasteiger charge is -2.04. The highest BCUT2D eigenvalue weighted by atomic mass is 35.5. The van der Waals surface area contributed by atoms with Crippen LogP contribution in [0.25, 0.3) is 10.9 Å². The second kappa shape index (κ2) is 4.94. The van der Waals surface area contributed by atoms with Gasteiger partial charge in [0.2, 0.25) is 5.91 Å². The molecule has 0 aliphatic carbocycles. The van der Waals surface area contributed by atoms with Crippen LogP contribution in [0, 0.1) is 0 Å². The number of benzene rings is 1. The fourth-order valence-corrected chi connectivity index (χ4v) is 1.63. The summed E-state index contributed by atoms with van der Waals surface area (Å²) < 4.78 is 0. The maximum absolute atomic E-state index is 11.3. The Balaban J connectivity index is 2.22. The molecule has 0 radical (unpaired) electrons. The van der Waals surface area contributed by atoms with Crippen LogP contribution in [-0.4, -0.2) is 16.8 Å². The molecule has 1 amide bonds. The van der Waals surface area contributed by atoms with E-state index in [1.807, 2.05) is 30.3 Å². The monoisotopic (exact) mass is 234 g/mol. The Bertz CT molecular complexity index is 513. The van der Waals surface area contributed by atoms with Crippen molar-refractivity contribution >= 4 is 34.1 Å². The van der Waals surface area contributed by atoms with E-state index in [4.69, 9.17) is 11.6 Å². The third-order valence-corrected chi connectivity index (χ3v) is 2.40. The van der Waals surface area contributed by atoms with Gasteiger partial charge in [-0.05, 0) is 24.3 Å². The number of amides is 1. The molecule has 2 aromatic rings. The molecule has 1 aromatic heterocycles. The Labute approximate surface area is 98.4 Å². The molecule has 0 spiro atoms. The van der Waals surface area contributed by atoms with E-state index in [9.17, 15) is 4.79 Å². The van der Waals surface area contributed by atoms with E-state index in [1.165, 1.54) is 0 Å². The number of fused-ring (bicyclic) bond motifs is 1. The predicted molar refractivity (Wildman–Crippen MR) is 65.7 cm³/mol. The number of hydrogen-bond donors (Lipinski definition) is 1. The van der Waals surface area contributed by atoms with E-state index in [-0.39, 0.29) is 5.91 Å². The Hall–Kier alpha value is -1.61. The first-order chi connectivity index (χ1) is 7.79. The molecule has 16 heavy (non-hydrogen) atoms. The topological polar surface area (TPSA) is 42.0 Å². The van der Waals surface area contributed by atoms with E-state index < -0.39 is 0 Å². The molecule has 82 valence electrons. The number of nitrogens with one attached hydrogen (secondary N) is 1. The standard InChI is InChI=1S/C12H11ClN2O/c13-6-5-12(16)15-10-3-4-11-9(8-10)2-1-7-14-11/h1-4,7-8H,5-6H2,(H,15,16). The molecule has 0 fully saturated rings. The second-order valence-electron chi connectivity index (χ2n) is 3.40. The maximum Gasteiger partial charge on any atom is 0.225 e. The predicted octanol–water partition coefficient (Wildman–Crippen LogP) is 2.80. The van der Waals surface area contributed by atoms with Crippen LogP contribution < -0.4 is 5.32 Å². The lowest BCUT2D eigenvalue weighted by Crippen LogP contribution is -2.11. The van der Waals surface area contributed by atoms with Gasteiger partial charge in [-0.1, -0.05) is 6.07 Å². The third-order valence-electron chi connectivity index (χ3n) is 2.21. The lowest BCUT2D eigenvalue weighted by molar-refractivity contribution is -0.115. The van der Waals surface area contributed by atoms with Crippen LogP contribution in [0.4, 0.5) is 5.69 Å². The maximum atomic E-state index is 11.3. The molecule has 0 unspecified atom stereocenters. The fourth-order valence-electron chi connectivity index (χ4n) is 1.46. The van der Waals surface area contributed by atoms with Gasteiger partial charge in [-0.25, -0.2) is 0 Å². The Morgan fingerprint density at radius 2 is 2.25 bits per heavy atom. The summed E-state index contributed by atoms with van der Waals surface area (Å²) in [4.78, 5) is 15.5. The number of halogens is 1. The van der Waals surface area contributed by atoms with Crippen molar-refractivity contribution in [2.45, 2.75) is 6.42 Å². The molecule has 4 heteroatoms. The highest BCUT2D eigenvalue weighted by Crippen LogP contribution is 2.16. The molecule has 1 aromatic carbocycles. The van der Waals surface area contributed by atoms with Crippen LogP contribution in [-0.2, 0) is 4.79 Å². The minimum Gasteiger partial charge on any atom is -0.326 e. The van der Waals surface area contributed by atoms with Gasteiger partial charge in [0.1, 0.15) is 0 Å². The summed E-state index contributed by atoms with van der Waals surface area (Å²) >= 11 is 5.49. The number of aromatic nitrogens is 1. The van der Waals surface area contributed by atoms with Gasteiger partial charge in [0, 0.05) is 29.6 Å². The fraction of sp³-hybridized carbons (Fsp3) is 0.167. The van der Waals surface area contributed by atoms with Crippen molar-refractivity contribution in [3.8, 4) is 0 Å². The van der Waals surface area contributed by atoms with Crippen molar-refractivity contribution in [2.75, 3.05) is 11.2 Å². The summed E-state index contributed by atoms with van der Waals surface area (Å²) in [7, 11) is 0. The summed E-state index contributed by atoms with van der Waals surface area (Å²) in [5.41, 5.74) is 1.69. The van der Waals surface area contributed by atoms with Crippen LogP contribution in [0.5, 0.6) is 0 Å². The highest BCUT2D eigenvalue weighted by Gasteiger charge is 2.02. The summed E-state index contributed by atoms with van der Waals surface area (Å²) in [6.45, 7) is 0. The number of alkyl halides is 1. The number of carbonyl (C=O) groups is 1. The quantitative estimate of drug-likeness (QED) is 0.830. The second-order valence-corrected chi connectivity index (χ2v) is 3.78. The molecular weight excluding hydrogens is 224 g/mol. The van der Waals surface area contributed by atoms with Crippen LogP contribution >= 0.6 is 11.6 Å². The minimum absolute atomic E-state index is 0.0711. The van der Waals surface area contributed by atoms with Gasteiger partial charge >= 0.3 is 0 Å². The molecule has 0 atom stereocenters. The number of carbonyl (C=O) groups excluding carboxylic acids is 1. The van der Waals surface area contributed by atoms with Crippen molar-refractivity contribution < 1.29 is 4.79 Å². The zero-order valence-corrected chi connectivity index (χ0v) is 9.37. The molecule has 3 nitrogen and oxygen atoms in total. The van der Waals surface area contributed by atoms with Gasteiger partial charge in [-0.15, -0.1) is 11.6 Å². The van der Waals surface area contributed by atoms with Crippen LogP contribution in [0.1, 0.15) is 6.42 Å². The molecule has 0 aliphatic rings. The van der Waals surface area contributed by atoms with Crippen molar-refractivity contribution in [1.29, 1.82) is 0 Å². The van der Waals surface area contributed by atoms with Crippen molar-refractivity contribution in [3.63, 3.8) is 0 Å². The van der Waals surface area contributed by atoms with E-state index in [2.05, 4.69) is 10.3 Å². The average molecular weight is 235 g/mol. The smallest absolute Gasteiger partial charge is 0.225 e. The van der Waals surface area contributed by atoms with Crippen molar-refractivity contribution in [1.82, 2.24) is 4.98 Å². The van der Waals surface area contributed by atoms with Crippen LogP contribution in [0.3, 0.4) is 0 Å². The van der Waals surface area contributed by atoms with Gasteiger partial charge in [-0.3, -0.25) is 9.78 Å². The van der Waals surface area contributed by atoms with Gasteiger partial charge in [-0.2, -0.15) is 0 Å². The molecule has 1 heterocycles. The van der Waals surface area contributed by atoms with Crippen molar-refractivity contribution in [3.05, 3.63) is 36.5 Å². The third kappa shape index (κ3) is 2.49. The van der Waals surface area contributed by atoms with Gasteiger partial charge in [0.25, 0.3) is 0 Å². The number of anilines is 1.